The Bertz CT molecular complexity index is 478. The van der Waals surface area contributed by atoms with Gasteiger partial charge in [-0.1, -0.05) is 12.1 Å². The maximum Gasteiger partial charge on any atom is 0.191 e. The molecule has 0 bridgehead atoms. The van der Waals surface area contributed by atoms with Crippen molar-refractivity contribution >= 4 is 6.29 Å². The van der Waals surface area contributed by atoms with Gasteiger partial charge in [-0.25, -0.2) is 14.1 Å². The van der Waals surface area contributed by atoms with E-state index in [0.29, 0.717) is 25.1 Å². The molecule has 0 saturated carbocycles. The van der Waals surface area contributed by atoms with E-state index in [9.17, 15) is 9.18 Å². The predicted octanol–water partition coefficient (Wildman–Crippen LogP) is 1.47. The average Bonchev–Trinajstić information content (AvgIpc) is 2.76. The minimum absolute atomic E-state index is 0.252. The molecule has 0 amide bonds. The van der Waals surface area contributed by atoms with Gasteiger partial charge in [-0.05, 0) is 24.1 Å². The van der Waals surface area contributed by atoms with E-state index in [1.807, 2.05) is 0 Å². The molecule has 0 fully saturated rings. The standard InChI is InChI=1S/C11H10FN3O/c12-10-3-1-9(2-4-10)5-6-15-11(7-16)13-8-14-15/h1-4,7-8H,5-6H2. The second-order valence-electron chi connectivity index (χ2n) is 3.34. The Labute approximate surface area is 91.7 Å². The van der Waals surface area contributed by atoms with Gasteiger partial charge in [-0.3, -0.25) is 4.79 Å². The van der Waals surface area contributed by atoms with E-state index in [0.717, 1.165) is 5.56 Å². The summed E-state index contributed by atoms with van der Waals surface area (Å²) < 4.78 is 14.2. The van der Waals surface area contributed by atoms with Crippen LogP contribution >= 0.6 is 0 Å². The lowest BCUT2D eigenvalue weighted by Crippen LogP contribution is -2.07. The second-order valence-corrected chi connectivity index (χ2v) is 3.34. The Balaban J connectivity index is 2.02. The van der Waals surface area contributed by atoms with Crippen molar-refractivity contribution in [2.75, 3.05) is 0 Å². The fourth-order valence-corrected chi connectivity index (χ4v) is 1.42. The highest BCUT2D eigenvalue weighted by Gasteiger charge is 2.02. The molecule has 2 aromatic rings. The molecule has 0 aliphatic heterocycles. The maximum atomic E-state index is 12.6. The van der Waals surface area contributed by atoms with Crippen molar-refractivity contribution in [3.63, 3.8) is 0 Å². The van der Waals surface area contributed by atoms with Crippen LogP contribution in [0.1, 0.15) is 16.2 Å². The Hall–Kier alpha value is -2.04. The lowest BCUT2D eigenvalue weighted by Gasteiger charge is -2.02. The zero-order valence-corrected chi connectivity index (χ0v) is 8.51. The van der Waals surface area contributed by atoms with Crippen LogP contribution in [0.3, 0.4) is 0 Å². The first-order valence-corrected chi connectivity index (χ1v) is 4.87. The summed E-state index contributed by atoms with van der Waals surface area (Å²) in [6.07, 6.45) is 2.69. The summed E-state index contributed by atoms with van der Waals surface area (Å²) in [6.45, 7) is 0.555. The molecule has 0 N–H and O–H groups in total. The highest BCUT2D eigenvalue weighted by molar-refractivity contribution is 5.68. The number of hydrogen-bond acceptors (Lipinski definition) is 3. The van der Waals surface area contributed by atoms with Gasteiger partial charge in [0.1, 0.15) is 12.1 Å². The molecule has 1 heterocycles. The summed E-state index contributed by atoms with van der Waals surface area (Å²) >= 11 is 0. The molecule has 0 atom stereocenters. The van der Waals surface area contributed by atoms with E-state index in [-0.39, 0.29) is 5.82 Å². The second kappa shape index (κ2) is 4.65. The summed E-state index contributed by atoms with van der Waals surface area (Å²) in [5.41, 5.74) is 0.994. The van der Waals surface area contributed by atoms with E-state index < -0.39 is 0 Å². The molecular formula is C11H10FN3O. The topological polar surface area (TPSA) is 47.8 Å². The van der Waals surface area contributed by atoms with Gasteiger partial charge in [0, 0.05) is 6.54 Å². The molecule has 0 unspecified atom stereocenters. The molecule has 5 heteroatoms. The van der Waals surface area contributed by atoms with Crippen molar-refractivity contribution in [2.24, 2.45) is 0 Å². The molecule has 0 spiro atoms. The van der Waals surface area contributed by atoms with Gasteiger partial charge < -0.3 is 0 Å². The lowest BCUT2D eigenvalue weighted by molar-refractivity contribution is 0.111. The first-order chi connectivity index (χ1) is 7.79. The number of aryl methyl sites for hydroxylation is 2. The molecule has 82 valence electrons. The van der Waals surface area contributed by atoms with Crippen molar-refractivity contribution in [1.82, 2.24) is 14.8 Å². The third kappa shape index (κ3) is 2.31. The molecule has 4 nitrogen and oxygen atoms in total. The molecule has 1 aromatic heterocycles. The Kier molecular flexibility index (Phi) is 3.05. The van der Waals surface area contributed by atoms with Crippen molar-refractivity contribution in [2.45, 2.75) is 13.0 Å². The van der Waals surface area contributed by atoms with E-state index in [1.165, 1.54) is 23.1 Å². The highest BCUT2D eigenvalue weighted by Crippen LogP contribution is 2.04. The third-order valence-corrected chi connectivity index (χ3v) is 2.28. The minimum Gasteiger partial charge on any atom is -0.294 e. The van der Waals surface area contributed by atoms with Crippen molar-refractivity contribution in [3.8, 4) is 0 Å². The van der Waals surface area contributed by atoms with E-state index in [1.54, 1.807) is 12.1 Å². The van der Waals surface area contributed by atoms with Crippen molar-refractivity contribution in [3.05, 3.63) is 47.8 Å². The van der Waals surface area contributed by atoms with Crippen LogP contribution in [0.4, 0.5) is 4.39 Å². The van der Waals surface area contributed by atoms with E-state index in [4.69, 9.17) is 0 Å². The number of aromatic nitrogens is 3. The van der Waals surface area contributed by atoms with E-state index in [2.05, 4.69) is 10.1 Å². The number of hydrogen-bond donors (Lipinski definition) is 0. The van der Waals surface area contributed by atoms with Crippen LogP contribution in [0.15, 0.2) is 30.6 Å². The monoisotopic (exact) mass is 219 g/mol. The zero-order chi connectivity index (χ0) is 11.4. The van der Waals surface area contributed by atoms with Gasteiger partial charge in [0.05, 0.1) is 0 Å². The van der Waals surface area contributed by atoms with Gasteiger partial charge in [0.25, 0.3) is 0 Å². The number of carbonyl (C=O) groups excluding carboxylic acids is 1. The highest BCUT2D eigenvalue weighted by atomic mass is 19.1. The van der Waals surface area contributed by atoms with Crippen LogP contribution in [0.2, 0.25) is 0 Å². The van der Waals surface area contributed by atoms with Crippen LogP contribution in [-0.4, -0.2) is 21.1 Å². The Morgan fingerprint density at radius 1 is 1.31 bits per heavy atom. The largest absolute Gasteiger partial charge is 0.294 e. The zero-order valence-electron chi connectivity index (χ0n) is 8.51. The first kappa shape index (κ1) is 10.5. The van der Waals surface area contributed by atoms with E-state index >= 15 is 0 Å². The quantitative estimate of drug-likeness (QED) is 0.731. The molecule has 16 heavy (non-hydrogen) atoms. The summed E-state index contributed by atoms with van der Waals surface area (Å²) in [5.74, 6) is 0.0557. The number of aldehydes is 1. The minimum atomic E-state index is -0.252. The first-order valence-electron chi connectivity index (χ1n) is 4.87. The fourth-order valence-electron chi connectivity index (χ4n) is 1.42. The summed E-state index contributed by atoms with van der Waals surface area (Å²) in [6, 6.07) is 6.26. The van der Waals surface area contributed by atoms with Crippen LogP contribution in [0, 0.1) is 5.82 Å². The SMILES string of the molecule is O=Cc1ncnn1CCc1ccc(F)cc1. The van der Waals surface area contributed by atoms with Gasteiger partial charge in [-0.15, -0.1) is 0 Å². The molecule has 2 rings (SSSR count). The molecule has 0 aliphatic carbocycles. The van der Waals surface area contributed by atoms with Crippen LogP contribution in [-0.2, 0) is 13.0 Å². The molecule has 1 aromatic carbocycles. The molecule has 0 saturated heterocycles. The number of nitrogens with zero attached hydrogens (tertiary/aromatic N) is 3. The predicted molar refractivity (Wildman–Crippen MR) is 55.5 cm³/mol. The van der Waals surface area contributed by atoms with Crippen LogP contribution in [0.5, 0.6) is 0 Å². The maximum absolute atomic E-state index is 12.6. The van der Waals surface area contributed by atoms with Gasteiger partial charge in [-0.2, -0.15) is 5.10 Å². The van der Waals surface area contributed by atoms with Crippen LogP contribution in [0.25, 0.3) is 0 Å². The van der Waals surface area contributed by atoms with Gasteiger partial charge >= 0.3 is 0 Å². The van der Waals surface area contributed by atoms with Gasteiger partial charge in [0.2, 0.25) is 0 Å². The van der Waals surface area contributed by atoms with Gasteiger partial charge in [0.15, 0.2) is 12.1 Å². The normalized spacial score (nSPS) is 10.3. The molecule has 0 aliphatic rings. The summed E-state index contributed by atoms with van der Waals surface area (Å²) in [4.78, 5) is 14.4. The van der Waals surface area contributed by atoms with Crippen molar-refractivity contribution in [1.29, 1.82) is 0 Å². The number of benzene rings is 1. The Morgan fingerprint density at radius 2 is 2.06 bits per heavy atom. The number of rotatable bonds is 4. The van der Waals surface area contributed by atoms with Crippen LogP contribution < -0.4 is 0 Å². The molecular weight excluding hydrogens is 209 g/mol. The summed E-state index contributed by atoms with van der Waals surface area (Å²) in [5, 5.41) is 3.92. The smallest absolute Gasteiger partial charge is 0.191 e. The molecule has 0 radical (unpaired) electrons. The summed E-state index contributed by atoms with van der Waals surface area (Å²) in [7, 11) is 0. The lowest BCUT2D eigenvalue weighted by atomic mass is 10.1. The number of carbonyl (C=O) groups is 1. The number of halogens is 1. The third-order valence-electron chi connectivity index (χ3n) is 2.28. The Morgan fingerprint density at radius 3 is 2.75 bits per heavy atom. The van der Waals surface area contributed by atoms with Crippen molar-refractivity contribution < 1.29 is 9.18 Å². The average molecular weight is 219 g/mol. The fraction of sp³-hybridized carbons (Fsp3) is 0.182.